The van der Waals surface area contributed by atoms with Gasteiger partial charge >= 0.3 is 16.8 Å². The maximum atomic E-state index is 8.52. The van der Waals surface area contributed by atoms with Crippen LogP contribution in [0.2, 0.25) is 0 Å². The van der Waals surface area contributed by atoms with Crippen molar-refractivity contribution >= 4 is 10.4 Å². The van der Waals surface area contributed by atoms with E-state index >= 15 is 0 Å². The van der Waals surface area contributed by atoms with Gasteiger partial charge in [-0.3, -0.25) is 8.42 Å². The van der Waals surface area contributed by atoms with Gasteiger partial charge in [0.05, 0.1) is 0 Å². The van der Waals surface area contributed by atoms with Gasteiger partial charge in [-0.15, -0.1) is 0 Å². The minimum atomic E-state index is -5.17. The van der Waals surface area contributed by atoms with Crippen LogP contribution in [-0.4, -0.2) is 17.5 Å². The molecule has 0 amide bonds. The fraction of sp³-hybridized carbons (Fsp3) is 0. The summed E-state index contributed by atoms with van der Waals surface area (Å²) >= 11 is 0. The van der Waals surface area contributed by atoms with Gasteiger partial charge in [-0.2, -0.15) is 0 Å². The van der Waals surface area contributed by atoms with E-state index in [1.54, 1.807) is 0 Å². The third-order valence-electron chi connectivity index (χ3n) is 0. The zero-order chi connectivity index (χ0) is 4.50. The van der Waals surface area contributed by atoms with E-state index in [9.17, 15) is 0 Å². The van der Waals surface area contributed by atoms with Crippen LogP contribution in [0.3, 0.4) is 0 Å². The van der Waals surface area contributed by atoms with Gasteiger partial charge in [0.1, 0.15) is 0 Å². The summed E-state index contributed by atoms with van der Waals surface area (Å²) in [5, 5.41) is 0. The molecule has 0 rings (SSSR count). The molecule has 0 aliphatic heterocycles. The third-order valence-corrected chi connectivity index (χ3v) is 0. The van der Waals surface area contributed by atoms with Crippen LogP contribution in [0.4, 0.5) is 0 Å². The Bertz CT molecular complexity index is 94.9. The monoisotopic (exact) mass is 173 g/mol. The van der Waals surface area contributed by atoms with Crippen molar-refractivity contribution < 1.29 is 34.3 Å². The third kappa shape index (κ3) is 1050. The molecule has 7 heavy (non-hydrogen) atoms. The SMILES string of the molecule is O=S(=O)([O-])[O-].[Co+2].[NH4+]. The topological polar surface area (TPSA) is 117 Å². The Kier molecular flexibility index (Phi) is 10.1. The molecule has 0 heterocycles. The second-order valence-corrected chi connectivity index (χ2v) is 1.22. The molecule has 0 fully saturated rings. The summed E-state index contributed by atoms with van der Waals surface area (Å²) in [4.78, 5) is 0. The second-order valence-electron chi connectivity index (χ2n) is 0.408. The normalized spacial score (nSPS) is 8.29. The summed E-state index contributed by atoms with van der Waals surface area (Å²) in [7, 11) is -5.17. The minimum absolute atomic E-state index is 0. The van der Waals surface area contributed by atoms with Crippen LogP contribution in [-0.2, 0) is 27.2 Å². The van der Waals surface area contributed by atoms with Gasteiger partial charge < -0.3 is 15.3 Å². The Morgan fingerprint density at radius 2 is 1.14 bits per heavy atom. The molecule has 0 aliphatic carbocycles. The molecule has 47 valence electrons. The average Bonchev–Trinajstić information content (AvgIpc) is 0.722. The first-order chi connectivity index (χ1) is 2.00. The predicted molar refractivity (Wildman–Crippen MR) is 16.5 cm³/mol. The van der Waals surface area contributed by atoms with E-state index in [4.69, 9.17) is 17.5 Å². The van der Waals surface area contributed by atoms with Crippen molar-refractivity contribution in [1.82, 2.24) is 6.15 Å². The first kappa shape index (κ1) is 15.7. The van der Waals surface area contributed by atoms with Crippen LogP contribution in [0.25, 0.3) is 0 Å². The molecule has 0 aliphatic rings. The van der Waals surface area contributed by atoms with E-state index in [1.165, 1.54) is 0 Å². The van der Waals surface area contributed by atoms with E-state index in [1.807, 2.05) is 0 Å². The van der Waals surface area contributed by atoms with Gasteiger partial charge in [0.2, 0.25) is 0 Å². The molecule has 0 spiro atoms. The van der Waals surface area contributed by atoms with E-state index in [2.05, 4.69) is 0 Å². The van der Waals surface area contributed by atoms with Crippen molar-refractivity contribution in [3.63, 3.8) is 0 Å². The van der Waals surface area contributed by atoms with Crippen molar-refractivity contribution in [2.75, 3.05) is 0 Å². The van der Waals surface area contributed by atoms with Crippen LogP contribution in [0.15, 0.2) is 0 Å². The number of rotatable bonds is 0. The maximum absolute atomic E-state index is 8.52. The molecule has 0 unspecified atom stereocenters. The van der Waals surface area contributed by atoms with Gasteiger partial charge in [-0.25, -0.2) is 0 Å². The summed E-state index contributed by atoms with van der Waals surface area (Å²) in [6.07, 6.45) is 0. The average molecular weight is 173 g/mol. The smallest absolute Gasteiger partial charge is 0.759 e. The molecule has 1 radical (unpaired) electrons. The van der Waals surface area contributed by atoms with E-state index in [0.29, 0.717) is 0 Å². The Morgan fingerprint density at radius 1 is 1.14 bits per heavy atom. The fourth-order valence-corrected chi connectivity index (χ4v) is 0. The van der Waals surface area contributed by atoms with Crippen LogP contribution < -0.4 is 6.15 Å². The summed E-state index contributed by atoms with van der Waals surface area (Å²) in [6, 6.07) is 0. The molecule has 0 saturated carbocycles. The van der Waals surface area contributed by atoms with Gasteiger partial charge in [0.15, 0.2) is 0 Å². The number of hydrogen-bond donors (Lipinski definition) is 1. The molecular weight excluding hydrogens is 169 g/mol. The molecule has 0 aromatic rings. The fourth-order valence-electron chi connectivity index (χ4n) is 0. The summed E-state index contributed by atoms with van der Waals surface area (Å²) in [5.41, 5.74) is 0. The molecule has 5 nitrogen and oxygen atoms in total. The van der Waals surface area contributed by atoms with E-state index in [0.717, 1.165) is 0 Å². The van der Waals surface area contributed by atoms with Gasteiger partial charge in [0.25, 0.3) is 0 Å². The van der Waals surface area contributed by atoms with E-state index in [-0.39, 0.29) is 22.9 Å². The molecule has 7 heteroatoms. The molecular formula is H4CoNO4S+. The van der Waals surface area contributed by atoms with Crippen molar-refractivity contribution in [3.8, 4) is 0 Å². The van der Waals surface area contributed by atoms with Gasteiger partial charge in [-0.05, 0) is 0 Å². The Morgan fingerprint density at radius 3 is 1.14 bits per heavy atom. The first-order valence-corrected chi connectivity index (χ1v) is 2.00. The van der Waals surface area contributed by atoms with E-state index < -0.39 is 10.4 Å². The quantitative estimate of drug-likeness (QED) is 0.374. The predicted octanol–water partition coefficient (Wildman–Crippen LogP) is -0.964. The number of quaternary nitrogens is 1. The first-order valence-electron chi connectivity index (χ1n) is 0.667. The zero-order valence-electron chi connectivity index (χ0n) is 3.37. The molecule has 0 atom stereocenters. The van der Waals surface area contributed by atoms with Crippen LogP contribution in [0.1, 0.15) is 0 Å². The van der Waals surface area contributed by atoms with Crippen LogP contribution >= 0.6 is 0 Å². The van der Waals surface area contributed by atoms with Gasteiger partial charge in [-0.1, -0.05) is 0 Å². The summed E-state index contributed by atoms with van der Waals surface area (Å²) in [5.74, 6) is 0. The van der Waals surface area contributed by atoms with Gasteiger partial charge in [0, 0.05) is 10.4 Å². The summed E-state index contributed by atoms with van der Waals surface area (Å²) < 4.78 is 34.1. The largest absolute Gasteiger partial charge is 2.00 e. The van der Waals surface area contributed by atoms with Crippen molar-refractivity contribution in [2.45, 2.75) is 0 Å². The van der Waals surface area contributed by atoms with Crippen molar-refractivity contribution in [2.24, 2.45) is 0 Å². The van der Waals surface area contributed by atoms with Crippen molar-refractivity contribution in [1.29, 1.82) is 0 Å². The van der Waals surface area contributed by atoms with Crippen molar-refractivity contribution in [3.05, 3.63) is 0 Å². The standard InChI is InChI=1S/Co.H3N.H2O4S/c;;1-5(2,3)4/h;1H3;(H2,1,2,3,4)/q+2;;/p-1. The molecule has 0 bridgehead atoms. The van der Waals surface area contributed by atoms with Crippen LogP contribution in [0, 0.1) is 0 Å². The summed E-state index contributed by atoms with van der Waals surface area (Å²) in [6.45, 7) is 0. The zero-order valence-corrected chi connectivity index (χ0v) is 5.23. The molecule has 0 aromatic carbocycles. The second kappa shape index (κ2) is 4.49. The molecule has 0 aromatic heterocycles. The Balaban J connectivity index is -0.0000000800. The minimum Gasteiger partial charge on any atom is -0.759 e. The molecule has 4 N–H and O–H groups in total. The maximum Gasteiger partial charge on any atom is 2.00 e. The number of hydrogen-bond acceptors (Lipinski definition) is 4. The Labute approximate surface area is 51.5 Å². The molecule has 0 saturated heterocycles. The van der Waals surface area contributed by atoms with Crippen LogP contribution in [0.5, 0.6) is 0 Å². The Hall–Kier alpha value is 0.336.